The van der Waals surface area contributed by atoms with Crippen LogP contribution in [0.15, 0.2) is 53.5 Å². The van der Waals surface area contributed by atoms with Crippen molar-refractivity contribution in [3.05, 3.63) is 69.7 Å². The van der Waals surface area contributed by atoms with Crippen LogP contribution in [0.5, 0.6) is 0 Å². The molecule has 146 valence electrons. The van der Waals surface area contributed by atoms with Crippen LogP contribution in [-0.4, -0.2) is 60.1 Å². The number of amidine groups is 1. The maximum atomic E-state index is 9.21. The Bertz CT molecular complexity index is 900. The van der Waals surface area contributed by atoms with Crippen LogP contribution < -0.4 is 0 Å². The van der Waals surface area contributed by atoms with Crippen LogP contribution in [0.3, 0.4) is 0 Å². The van der Waals surface area contributed by atoms with Gasteiger partial charge < -0.3 is 10.0 Å². The molecule has 2 aliphatic heterocycles. The summed E-state index contributed by atoms with van der Waals surface area (Å²) < 4.78 is 0. The van der Waals surface area contributed by atoms with Crippen LogP contribution in [0, 0.1) is 0 Å². The molecule has 0 bridgehead atoms. The third-order valence-corrected chi connectivity index (χ3v) is 5.77. The van der Waals surface area contributed by atoms with E-state index in [0.29, 0.717) is 5.02 Å². The number of allylic oxidation sites excluding steroid dienone is 1. The van der Waals surface area contributed by atoms with Crippen molar-refractivity contribution in [1.82, 2.24) is 9.80 Å². The topological polar surface area (TPSA) is 39.1 Å². The smallest absolute Gasteiger partial charge is 0.136 e. The van der Waals surface area contributed by atoms with Gasteiger partial charge in [-0.25, -0.2) is 4.99 Å². The fraction of sp³-hybridized carbons (Fsp3) is 0.318. The van der Waals surface area contributed by atoms with E-state index in [4.69, 9.17) is 28.2 Å². The molecule has 4 nitrogen and oxygen atoms in total. The van der Waals surface area contributed by atoms with Crippen LogP contribution in [-0.2, 0) is 6.42 Å². The zero-order chi connectivity index (χ0) is 19.5. The normalized spacial score (nSPS) is 17.6. The zero-order valence-electron chi connectivity index (χ0n) is 15.6. The summed E-state index contributed by atoms with van der Waals surface area (Å²) in [6.07, 6.45) is 3.06. The van der Waals surface area contributed by atoms with Crippen molar-refractivity contribution >= 4 is 40.3 Å². The number of nitrogens with zero attached hydrogens (tertiary/aromatic N) is 3. The SMILES string of the molecule is OCCN1CCN(C2=Nc3cc(Cl)ccc3CC=C2c2ccc(Cl)cc2)CC1. The van der Waals surface area contributed by atoms with Crippen LogP contribution in [0.2, 0.25) is 10.0 Å². The van der Waals surface area contributed by atoms with Gasteiger partial charge in [-0.05, 0) is 41.8 Å². The van der Waals surface area contributed by atoms with Gasteiger partial charge >= 0.3 is 0 Å². The minimum atomic E-state index is 0.197. The maximum absolute atomic E-state index is 9.21. The van der Waals surface area contributed by atoms with Crippen molar-refractivity contribution in [1.29, 1.82) is 0 Å². The lowest BCUT2D eigenvalue weighted by molar-refractivity contribution is 0.148. The van der Waals surface area contributed by atoms with Gasteiger partial charge in [0.15, 0.2) is 0 Å². The lowest BCUT2D eigenvalue weighted by Crippen LogP contribution is -2.49. The van der Waals surface area contributed by atoms with Crippen LogP contribution in [0.4, 0.5) is 5.69 Å². The summed E-state index contributed by atoms with van der Waals surface area (Å²) in [6.45, 7) is 4.49. The van der Waals surface area contributed by atoms with Gasteiger partial charge in [-0.3, -0.25) is 4.90 Å². The summed E-state index contributed by atoms with van der Waals surface area (Å²) in [5, 5.41) is 10.6. The van der Waals surface area contributed by atoms with Gasteiger partial charge in [0.25, 0.3) is 0 Å². The zero-order valence-corrected chi connectivity index (χ0v) is 17.1. The van der Waals surface area contributed by atoms with Gasteiger partial charge in [0.05, 0.1) is 12.3 Å². The highest BCUT2D eigenvalue weighted by atomic mass is 35.5. The Labute approximate surface area is 175 Å². The maximum Gasteiger partial charge on any atom is 0.136 e. The molecule has 2 aliphatic rings. The standard InChI is InChI=1S/C22H23Cl2N3O/c23-18-5-1-16(2-6-18)20-8-4-17-3-7-19(24)15-21(17)25-22(20)27-11-9-26(10-12-27)13-14-28/h1-3,5-8,15,28H,4,9-14H2. The molecule has 28 heavy (non-hydrogen) atoms. The molecule has 0 radical (unpaired) electrons. The molecule has 0 spiro atoms. The number of halogens is 2. The Kier molecular flexibility index (Phi) is 6.02. The summed E-state index contributed by atoms with van der Waals surface area (Å²) in [6, 6.07) is 13.9. The number of fused-ring (bicyclic) bond motifs is 1. The van der Waals surface area contributed by atoms with Crippen molar-refractivity contribution in [2.24, 2.45) is 4.99 Å². The molecule has 6 heteroatoms. The molecule has 1 saturated heterocycles. The number of aliphatic hydroxyl groups is 1. The molecule has 1 fully saturated rings. The molecule has 4 rings (SSSR count). The summed E-state index contributed by atoms with van der Waals surface area (Å²) in [4.78, 5) is 9.68. The fourth-order valence-corrected chi connectivity index (χ4v) is 4.03. The average molecular weight is 416 g/mol. The van der Waals surface area contributed by atoms with E-state index in [1.54, 1.807) is 0 Å². The fourth-order valence-electron chi connectivity index (χ4n) is 3.73. The summed E-state index contributed by atoms with van der Waals surface area (Å²) in [5.74, 6) is 0.979. The average Bonchev–Trinajstić information content (AvgIpc) is 2.89. The molecule has 0 atom stereocenters. The molecular formula is C22H23Cl2N3O. The third kappa shape index (κ3) is 4.26. The molecule has 0 saturated carbocycles. The van der Waals surface area contributed by atoms with E-state index in [1.165, 1.54) is 5.56 Å². The minimum absolute atomic E-state index is 0.197. The van der Waals surface area contributed by atoms with Gasteiger partial charge in [-0.15, -0.1) is 0 Å². The number of rotatable bonds is 3. The quantitative estimate of drug-likeness (QED) is 0.812. The van der Waals surface area contributed by atoms with E-state index in [2.05, 4.69) is 34.1 Å². The van der Waals surface area contributed by atoms with Gasteiger partial charge in [-0.1, -0.05) is 47.5 Å². The first-order valence-electron chi connectivity index (χ1n) is 9.56. The Morgan fingerprint density at radius 2 is 1.64 bits per heavy atom. The summed E-state index contributed by atoms with van der Waals surface area (Å²) in [7, 11) is 0. The van der Waals surface area contributed by atoms with E-state index in [-0.39, 0.29) is 6.61 Å². The molecule has 1 N–H and O–H groups in total. The second-order valence-corrected chi connectivity index (χ2v) is 7.96. The number of piperazine rings is 1. The number of β-amino-alcohol motifs (C(OH)–C–C–N with tert-alkyl or cyclic N) is 1. The lowest BCUT2D eigenvalue weighted by atomic mass is 10.0. The predicted molar refractivity (Wildman–Crippen MR) is 117 cm³/mol. The van der Waals surface area contributed by atoms with Crippen LogP contribution in [0.1, 0.15) is 11.1 Å². The van der Waals surface area contributed by atoms with Crippen molar-refractivity contribution < 1.29 is 5.11 Å². The number of benzene rings is 2. The Balaban J connectivity index is 1.71. The Hall–Kier alpha value is -1.85. The molecule has 0 aliphatic carbocycles. The third-order valence-electron chi connectivity index (χ3n) is 5.28. The lowest BCUT2D eigenvalue weighted by Gasteiger charge is -2.36. The molecular weight excluding hydrogens is 393 g/mol. The van der Waals surface area contributed by atoms with Crippen molar-refractivity contribution in [2.75, 3.05) is 39.3 Å². The highest BCUT2D eigenvalue weighted by Crippen LogP contribution is 2.32. The van der Waals surface area contributed by atoms with Crippen LogP contribution >= 0.6 is 23.2 Å². The number of hydrogen-bond acceptors (Lipinski definition) is 4. The van der Waals surface area contributed by atoms with E-state index in [1.807, 2.05) is 24.3 Å². The van der Waals surface area contributed by atoms with Crippen molar-refractivity contribution in [3.63, 3.8) is 0 Å². The van der Waals surface area contributed by atoms with Crippen molar-refractivity contribution in [3.8, 4) is 0 Å². The van der Waals surface area contributed by atoms with E-state index < -0.39 is 0 Å². The number of aliphatic imine (C=N–C) groups is 1. The highest BCUT2D eigenvalue weighted by molar-refractivity contribution is 6.31. The first-order chi connectivity index (χ1) is 13.6. The van der Waals surface area contributed by atoms with Gasteiger partial charge in [0.1, 0.15) is 5.84 Å². The second-order valence-electron chi connectivity index (χ2n) is 7.09. The van der Waals surface area contributed by atoms with Gasteiger partial charge in [-0.2, -0.15) is 0 Å². The Morgan fingerprint density at radius 3 is 2.36 bits per heavy atom. The van der Waals surface area contributed by atoms with Gasteiger partial charge in [0.2, 0.25) is 0 Å². The molecule has 2 aromatic carbocycles. The van der Waals surface area contributed by atoms with Crippen molar-refractivity contribution in [2.45, 2.75) is 6.42 Å². The largest absolute Gasteiger partial charge is 0.395 e. The summed E-state index contributed by atoms with van der Waals surface area (Å²) in [5.41, 5.74) is 4.34. The monoisotopic (exact) mass is 415 g/mol. The summed E-state index contributed by atoms with van der Waals surface area (Å²) >= 11 is 12.3. The first kappa shape index (κ1) is 19.5. The predicted octanol–water partition coefficient (Wildman–Crippen LogP) is 4.27. The number of hydrogen-bond donors (Lipinski definition) is 1. The minimum Gasteiger partial charge on any atom is -0.395 e. The first-order valence-corrected chi connectivity index (χ1v) is 10.3. The van der Waals surface area contributed by atoms with E-state index in [0.717, 1.165) is 66.8 Å². The molecule has 2 aromatic rings. The number of aliphatic hydroxyl groups excluding tert-OH is 1. The van der Waals surface area contributed by atoms with E-state index >= 15 is 0 Å². The molecule has 0 amide bonds. The molecule has 0 aromatic heterocycles. The molecule has 0 unspecified atom stereocenters. The van der Waals surface area contributed by atoms with Crippen LogP contribution in [0.25, 0.3) is 5.57 Å². The second kappa shape index (κ2) is 8.66. The Morgan fingerprint density at radius 1 is 0.929 bits per heavy atom. The van der Waals surface area contributed by atoms with Gasteiger partial charge in [0, 0.05) is 48.3 Å². The molecule has 2 heterocycles. The van der Waals surface area contributed by atoms with E-state index in [9.17, 15) is 5.11 Å². The highest BCUT2D eigenvalue weighted by Gasteiger charge is 2.24.